The number of aryl methyl sites for hydroxylation is 1. The number of nitrogens with two attached hydrogens (primary N) is 2. The third kappa shape index (κ3) is 3.95. The molecule has 1 aromatic carbocycles. The summed E-state index contributed by atoms with van der Waals surface area (Å²) in [5.74, 6) is -0.719. The number of nitrogens with zero attached hydrogens (tertiary/aromatic N) is 1. The molecule has 0 aliphatic heterocycles. The molecule has 8 nitrogen and oxygen atoms in total. The second-order valence-corrected chi connectivity index (χ2v) is 6.80. The van der Waals surface area contributed by atoms with Crippen LogP contribution < -0.4 is 21.5 Å². The Hall–Kier alpha value is -2.87. The molecule has 1 fully saturated rings. The minimum absolute atomic E-state index is 0.00625. The Bertz CT molecular complexity index is 876. The summed E-state index contributed by atoms with van der Waals surface area (Å²) in [6, 6.07) is 5.50. The van der Waals surface area contributed by atoms with Crippen molar-refractivity contribution < 1.29 is 19.4 Å². The quantitative estimate of drug-likeness (QED) is 0.624. The number of ether oxygens (including phenoxy) is 1. The van der Waals surface area contributed by atoms with Gasteiger partial charge >= 0.3 is 5.97 Å². The van der Waals surface area contributed by atoms with Crippen LogP contribution in [-0.2, 0) is 4.79 Å². The van der Waals surface area contributed by atoms with Gasteiger partial charge in [0.15, 0.2) is 0 Å². The van der Waals surface area contributed by atoms with Crippen LogP contribution in [0.15, 0.2) is 18.2 Å². The highest BCUT2D eigenvalue weighted by atomic mass is 16.5. The molecule has 144 valence electrons. The van der Waals surface area contributed by atoms with E-state index in [0.29, 0.717) is 22.3 Å². The summed E-state index contributed by atoms with van der Waals surface area (Å²) in [5.41, 5.74) is 12.7. The van der Waals surface area contributed by atoms with Gasteiger partial charge in [0.2, 0.25) is 5.91 Å². The number of amides is 1. The van der Waals surface area contributed by atoms with Crippen LogP contribution in [0.4, 0.5) is 5.69 Å². The molecule has 8 heteroatoms. The number of nitrogen functional groups attached to an aromatic ring is 1. The van der Waals surface area contributed by atoms with Crippen molar-refractivity contribution in [3.63, 3.8) is 0 Å². The average Bonchev–Trinajstić information content (AvgIpc) is 2.62. The topological polar surface area (TPSA) is 141 Å². The Balaban J connectivity index is 1.81. The van der Waals surface area contributed by atoms with Crippen molar-refractivity contribution in [2.24, 2.45) is 5.73 Å². The van der Waals surface area contributed by atoms with Crippen molar-refractivity contribution in [2.45, 2.75) is 44.8 Å². The van der Waals surface area contributed by atoms with E-state index in [0.717, 1.165) is 25.7 Å². The molecule has 2 aromatic rings. The lowest BCUT2D eigenvalue weighted by Gasteiger charge is -2.30. The van der Waals surface area contributed by atoms with E-state index in [4.69, 9.17) is 16.2 Å². The van der Waals surface area contributed by atoms with Gasteiger partial charge in [0.05, 0.1) is 34.9 Å². The van der Waals surface area contributed by atoms with E-state index in [-0.39, 0.29) is 35.8 Å². The lowest BCUT2D eigenvalue weighted by molar-refractivity contribution is -0.120. The van der Waals surface area contributed by atoms with Crippen LogP contribution in [0.3, 0.4) is 0 Å². The van der Waals surface area contributed by atoms with Crippen molar-refractivity contribution >= 4 is 28.5 Å². The van der Waals surface area contributed by atoms with Crippen molar-refractivity contribution in [1.82, 2.24) is 10.3 Å². The smallest absolute Gasteiger partial charge is 0.339 e. The lowest BCUT2D eigenvalue weighted by Crippen LogP contribution is -2.42. The highest BCUT2D eigenvalue weighted by Gasteiger charge is 2.25. The largest absolute Gasteiger partial charge is 0.490 e. The van der Waals surface area contributed by atoms with Crippen molar-refractivity contribution in [1.29, 1.82) is 0 Å². The lowest BCUT2D eigenvalue weighted by atomic mass is 9.92. The average molecular weight is 372 g/mol. The summed E-state index contributed by atoms with van der Waals surface area (Å²) in [6.45, 7) is 1.62. The highest BCUT2D eigenvalue weighted by molar-refractivity contribution is 6.06. The van der Waals surface area contributed by atoms with Gasteiger partial charge in [-0.1, -0.05) is 6.07 Å². The fourth-order valence-corrected chi connectivity index (χ4v) is 3.60. The number of rotatable bonds is 5. The van der Waals surface area contributed by atoms with Crippen LogP contribution in [0.25, 0.3) is 10.9 Å². The number of aromatic nitrogens is 1. The summed E-state index contributed by atoms with van der Waals surface area (Å²) < 4.78 is 6.15. The molecule has 1 saturated carbocycles. The minimum atomic E-state index is -1.11. The number of carbonyl (C=O) groups excluding carboxylic acids is 1. The molecule has 1 amide bonds. The van der Waals surface area contributed by atoms with Crippen LogP contribution in [0.5, 0.6) is 5.75 Å². The predicted molar refractivity (Wildman–Crippen MR) is 102 cm³/mol. The molecule has 0 atom stereocenters. The van der Waals surface area contributed by atoms with Crippen LogP contribution in [-0.4, -0.2) is 40.7 Å². The molecule has 1 aliphatic carbocycles. The van der Waals surface area contributed by atoms with E-state index in [1.807, 2.05) is 6.07 Å². The normalized spacial score (nSPS) is 19.6. The zero-order valence-corrected chi connectivity index (χ0v) is 15.2. The van der Waals surface area contributed by atoms with Gasteiger partial charge in [0, 0.05) is 6.04 Å². The fourth-order valence-electron chi connectivity index (χ4n) is 3.60. The molecule has 0 radical (unpaired) electrons. The number of hydrogen-bond donors (Lipinski definition) is 4. The monoisotopic (exact) mass is 372 g/mol. The first kappa shape index (κ1) is 18.9. The first-order valence-corrected chi connectivity index (χ1v) is 8.99. The van der Waals surface area contributed by atoms with E-state index < -0.39 is 5.97 Å². The van der Waals surface area contributed by atoms with Crippen molar-refractivity contribution in [3.05, 3.63) is 29.5 Å². The predicted octanol–water partition coefficient (Wildman–Crippen LogP) is 1.59. The minimum Gasteiger partial charge on any atom is -0.490 e. The number of carboxylic acid groups (broad SMARTS) is 1. The molecule has 27 heavy (non-hydrogen) atoms. The zero-order chi connectivity index (χ0) is 19.6. The van der Waals surface area contributed by atoms with Crippen molar-refractivity contribution in [3.8, 4) is 5.75 Å². The van der Waals surface area contributed by atoms with Gasteiger partial charge in [-0.05, 0) is 44.7 Å². The number of nitrogens with one attached hydrogen (secondary N) is 1. The Morgan fingerprint density at radius 2 is 2.00 bits per heavy atom. The van der Waals surface area contributed by atoms with Gasteiger partial charge in [-0.3, -0.25) is 9.78 Å². The molecule has 6 N–H and O–H groups in total. The SMILES string of the molecule is Cc1nc2cccc(O[C@H]3CC[C@H](NC(=O)CN)CC3)c2c(N)c1C(=O)O. The summed E-state index contributed by atoms with van der Waals surface area (Å²) >= 11 is 0. The second kappa shape index (κ2) is 7.79. The molecular weight excluding hydrogens is 348 g/mol. The zero-order valence-electron chi connectivity index (χ0n) is 15.2. The first-order valence-electron chi connectivity index (χ1n) is 8.99. The van der Waals surface area contributed by atoms with Crippen molar-refractivity contribution in [2.75, 3.05) is 12.3 Å². The summed E-state index contributed by atoms with van der Waals surface area (Å²) in [7, 11) is 0. The van der Waals surface area contributed by atoms with E-state index in [1.165, 1.54) is 0 Å². The van der Waals surface area contributed by atoms with Gasteiger partial charge < -0.3 is 26.6 Å². The molecule has 0 unspecified atom stereocenters. The number of pyridine rings is 1. The maximum Gasteiger partial charge on any atom is 0.339 e. The maximum atomic E-state index is 11.5. The van der Waals surface area contributed by atoms with Crippen LogP contribution in [0.1, 0.15) is 41.7 Å². The molecule has 0 bridgehead atoms. The van der Waals surface area contributed by atoms with Gasteiger partial charge in [-0.2, -0.15) is 0 Å². The van der Waals surface area contributed by atoms with E-state index in [9.17, 15) is 14.7 Å². The Morgan fingerprint density at radius 3 is 2.63 bits per heavy atom. The molecule has 3 rings (SSSR count). The maximum absolute atomic E-state index is 11.5. The summed E-state index contributed by atoms with van der Waals surface area (Å²) in [6.07, 6.45) is 3.12. The molecule has 1 heterocycles. The molecular formula is C19H24N4O4. The Labute approximate surface area is 156 Å². The Morgan fingerprint density at radius 1 is 1.30 bits per heavy atom. The van der Waals surface area contributed by atoms with Crippen LogP contribution in [0, 0.1) is 6.92 Å². The number of hydrogen-bond acceptors (Lipinski definition) is 6. The van der Waals surface area contributed by atoms with Gasteiger partial charge in [-0.15, -0.1) is 0 Å². The van der Waals surface area contributed by atoms with Gasteiger partial charge in [0.1, 0.15) is 11.3 Å². The number of benzene rings is 1. The van der Waals surface area contributed by atoms with E-state index >= 15 is 0 Å². The van der Waals surface area contributed by atoms with Gasteiger partial charge in [0.25, 0.3) is 0 Å². The van der Waals surface area contributed by atoms with Crippen LogP contribution >= 0.6 is 0 Å². The first-order chi connectivity index (χ1) is 12.9. The molecule has 0 saturated heterocycles. The third-order valence-electron chi connectivity index (χ3n) is 4.93. The number of aromatic carboxylic acids is 1. The summed E-state index contributed by atoms with van der Waals surface area (Å²) in [4.78, 5) is 27.3. The highest BCUT2D eigenvalue weighted by Crippen LogP contribution is 2.35. The van der Waals surface area contributed by atoms with E-state index in [1.54, 1.807) is 19.1 Å². The molecule has 0 spiro atoms. The molecule has 1 aromatic heterocycles. The standard InChI is InChI=1S/C19H24N4O4/c1-10-16(19(25)26)18(21)17-13(22-10)3-2-4-14(17)27-12-7-5-11(6-8-12)23-15(24)9-20/h2-4,11-12H,5-9,20H2,1H3,(H2,21,22)(H,23,24)(H,25,26)/t11-,12-. The van der Waals surface area contributed by atoms with E-state index in [2.05, 4.69) is 10.3 Å². The number of anilines is 1. The van der Waals surface area contributed by atoms with Crippen LogP contribution in [0.2, 0.25) is 0 Å². The number of fused-ring (bicyclic) bond motifs is 1. The van der Waals surface area contributed by atoms with Gasteiger partial charge in [-0.25, -0.2) is 4.79 Å². The summed E-state index contributed by atoms with van der Waals surface area (Å²) in [5, 5.41) is 12.9. The number of carboxylic acids is 1. The third-order valence-corrected chi connectivity index (χ3v) is 4.93. The second-order valence-electron chi connectivity index (χ2n) is 6.80. The fraction of sp³-hybridized carbons (Fsp3) is 0.421. The number of carbonyl (C=O) groups is 2. The Kier molecular flexibility index (Phi) is 5.46. The molecule has 1 aliphatic rings.